The second-order valence-electron chi connectivity index (χ2n) is 5.39. The van der Waals surface area contributed by atoms with E-state index in [1.54, 1.807) is 25.2 Å². The topological polar surface area (TPSA) is 99.1 Å². The summed E-state index contributed by atoms with van der Waals surface area (Å²) in [7, 11) is 1.65. The normalized spacial score (nSPS) is 17.7. The van der Waals surface area contributed by atoms with Crippen LogP contribution in [0.5, 0.6) is 0 Å². The average molecular weight is 312 g/mol. The number of piperidine rings is 1. The number of nitrogens with one attached hydrogen (secondary N) is 1. The van der Waals surface area contributed by atoms with Gasteiger partial charge in [0.15, 0.2) is 0 Å². The Morgan fingerprint density at radius 2 is 2.09 bits per heavy atom. The van der Waals surface area contributed by atoms with Crippen molar-refractivity contribution in [1.82, 2.24) is 14.5 Å². The van der Waals surface area contributed by atoms with Crippen molar-refractivity contribution in [2.24, 2.45) is 12.8 Å². The Kier molecular flexibility index (Phi) is 3.76. The van der Waals surface area contributed by atoms with Gasteiger partial charge in [0.05, 0.1) is 17.6 Å². The molecule has 1 aliphatic rings. The van der Waals surface area contributed by atoms with Crippen LogP contribution in [0.3, 0.4) is 0 Å². The maximum absolute atomic E-state index is 12.5. The van der Waals surface area contributed by atoms with Crippen LogP contribution < -0.4 is 16.7 Å². The van der Waals surface area contributed by atoms with Crippen molar-refractivity contribution in [3.63, 3.8) is 0 Å². The van der Waals surface area contributed by atoms with Crippen LogP contribution in [0.15, 0.2) is 23.0 Å². The van der Waals surface area contributed by atoms with Crippen LogP contribution in [0.25, 0.3) is 11.0 Å². The number of aryl methyl sites for hydroxylation is 1. The standard InChI is InChI=1S/C16H16N4O3/c1-19-13-9-10(3-2-8-17)4-5-11(13)20(16(19)23)12-6-7-14(21)18-15(12)22/h4-5,9,12H,6-8,17H2,1H3,(H,18,21,22). The highest BCUT2D eigenvalue weighted by molar-refractivity contribution is 6.00. The number of carbonyl (C=O) groups is 2. The highest BCUT2D eigenvalue weighted by atomic mass is 16.2. The highest BCUT2D eigenvalue weighted by Gasteiger charge is 2.31. The lowest BCUT2D eigenvalue weighted by molar-refractivity contribution is -0.135. The molecule has 118 valence electrons. The number of fused-ring (bicyclic) bond motifs is 1. The van der Waals surface area contributed by atoms with Gasteiger partial charge in [-0.3, -0.25) is 24.0 Å². The van der Waals surface area contributed by atoms with Gasteiger partial charge in [-0.2, -0.15) is 0 Å². The number of nitrogens with zero attached hydrogens (tertiary/aromatic N) is 2. The van der Waals surface area contributed by atoms with Gasteiger partial charge >= 0.3 is 5.69 Å². The summed E-state index contributed by atoms with van der Waals surface area (Å²) >= 11 is 0. The van der Waals surface area contributed by atoms with Gasteiger partial charge in [0.25, 0.3) is 0 Å². The van der Waals surface area contributed by atoms with Gasteiger partial charge in [-0.05, 0) is 24.6 Å². The minimum Gasteiger partial charge on any atom is -0.320 e. The van der Waals surface area contributed by atoms with E-state index in [4.69, 9.17) is 5.73 Å². The predicted molar refractivity (Wildman–Crippen MR) is 84.5 cm³/mol. The molecule has 1 unspecified atom stereocenters. The van der Waals surface area contributed by atoms with Crippen LogP contribution >= 0.6 is 0 Å². The molecule has 3 N–H and O–H groups in total. The lowest BCUT2D eigenvalue weighted by Crippen LogP contribution is -2.44. The lowest BCUT2D eigenvalue weighted by atomic mass is 10.1. The summed E-state index contributed by atoms with van der Waals surface area (Å²) < 4.78 is 2.92. The van der Waals surface area contributed by atoms with Gasteiger partial charge in [-0.15, -0.1) is 0 Å². The molecule has 23 heavy (non-hydrogen) atoms. The number of hydrogen-bond acceptors (Lipinski definition) is 4. The third-order valence-electron chi connectivity index (χ3n) is 3.95. The molecule has 0 spiro atoms. The molecule has 7 nitrogen and oxygen atoms in total. The third-order valence-corrected chi connectivity index (χ3v) is 3.95. The average Bonchev–Trinajstić information content (AvgIpc) is 2.77. The smallest absolute Gasteiger partial charge is 0.320 e. The number of carbonyl (C=O) groups excluding carboxylic acids is 2. The second-order valence-corrected chi connectivity index (χ2v) is 5.39. The summed E-state index contributed by atoms with van der Waals surface area (Å²) in [5.74, 6) is 4.94. The largest absolute Gasteiger partial charge is 0.329 e. The Balaban J connectivity index is 2.15. The number of hydrogen-bond donors (Lipinski definition) is 2. The molecular weight excluding hydrogens is 296 g/mol. The summed E-state index contributed by atoms with van der Waals surface area (Å²) in [6.45, 7) is 0.258. The molecule has 2 amide bonds. The van der Waals surface area contributed by atoms with Gasteiger partial charge in [0.1, 0.15) is 6.04 Å². The number of imide groups is 1. The Bertz CT molecular complexity index is 926. The zero-order valence-corrected chi connectivity index (χ0v) is 12.6. The number of aromatic nitrogens is 2. The van der Waals surface area contributed by atoms with Crippen LogP contribution in [0.1, 0.15) is 24.4 Å². The van der Waals surface area contributed by atoms with Crippen LogP contribution in [-0.2, 0) is 16.6 Å². The Labute approximate surface area is 132 Å². The van der Waals surface area contributed by atoms with Gasteiger partial charge in [0.2, 0.25) is 11.8 Å². The molecule has 2 heterocycles. The fraction of sp³-hybridized carbons (Fsp3) is 0.312. The molecule has 1 saturated heterocycles. The molecule has 1 aromatic heterocycles. The first kappa shape index (κ1) is 15.1. The molecule has 7 heteroatoms. The van der Waals surface area contributed by atoms with Gasteiger partial charge in [0, 0.05) is 19.0 Å². The summed E-state index contributed by atoms with van der Waals surface area (Å²) in [5, 5.41) is 2.29. The molecule has 1 fully saturated rings. The Hall–Kier alpha value is -2.85. The van der Waals surface area contributed by atoms with E-state index in [1.165, 1.54) is 9.13 Å². The first-order chi connectivity index (χ1) is 11.0. The Morgan fingerprint density at radius 3 is 2.78 bits per heavy atom. The fourth-order valence-corrected chi connectivity index (χ4v) is 2.82. The maximum Gasteiger partial charge on any atom is 0.329 e. The van der Waals surface area contributed by atoms with Crippen molar-refractivity contribution in [2.75, 3.05) is 6.54 Å². The molecule has 3 rings (SSSR count). The van der Waals surface area contributed by atoms with E-state index in [1.807, 2.05) is 0 Å². The molecular formula is C16H16N4O3. The van der Waals surface area contributed by atoms with Crippen molar-refractivity contribution in [1.29, 1.82) is 0 Å². The van der Waals surface area contributed by atoms with Crippen molar-refractivity contribution in [2.45, 2.75) is 18.9 Å². The van der Waals surface area contributed by atoms with E-state index in [-0.39, 0.29) is 24.6 Å². The zero-order chi connectivity index (χ0) is 16.6. The van der Waals surface area contributed by atoms with Gasteiger partial charge < -0.3 is 5.73 Å². The van der Waals surface area contributed by atoms with E-state index in [2.05, 4.69) is 17.2 Å². The van der Waals surface area contributed by atoms with E-state index in [0.29, 0.717) is 17.5 Å². The van der Waals surface area contributed by atoms with Crippen molar-refractivity contribution in [3.8, 4) is 11.8 Å². The quantitative estimate of drug-likeness (QED) is 0.554. The molecule has 1 atom stereocenters. The van der Waals surface area contributed by atoms with E-state index in [9.17, 15) is 14.4 Å². The minimum absolute atomic E-state index is 0.222. The monoisotopic (exact) mass is 312 g/mol. The molecule has 0 radical (unpaired) electrons. The Morgan fingerprint density at radius 1 is 1.30 bits per heavy atom. The predicted octanol–water partition coefficient (Wildman–Crippen LogP) is -0.372. The highest BCUT2D eigenvalue weighted by Crippen LogP contribution is 2.23. The molecule has 1 aliphatic heterocycles. The van der Waals surface area contributed by atoms with Crippen LogP contribution in [-0.4, -0.2) is 27.5 Å². The van der Waals surface area contributed by atoms with Crippen molar-refractivity contribution >= 4 is 22.8 Å². The van der Waals surface area contributed by atoms with Gasteiger partial charge in [-0.1, -0.05) is 11.8 Å². The minimum atomic E-state index is -0.676. The molecule has 2 aromatic rings. The van der Waals surface area contributed by atoms with Crippen LogP contribution in [0, 0.1) is 11.8 Å². The molecule has 1 aromatic carbocycles. The van der Waals surface area contributed by atoms with Crippen molar-refractivity contribution < 1.29 is 9.59 Å². The third kappa shape index (κ3) is 2.53. The number of amides is 2. The second kappa shape index (κ2) is 5.74. The number of benzene rings is 1. The summed E-state index contributed by atoms with van der Waals surface area (Å²) in [6, 6.07) is 4.67. The van der Waals surface area contributed by atoms with Crippen LogP contribution in [0.2, 0.25) is 0 Å². The number of imidazole rings is 1. The van der Waals surface area contributed by atoms with Crippen LogP contribution in [0.4, 0.5) is 0 Å². The van der Waals surface area contributed by atoms with Gasteiger partial charge in [-0.25, -0.2) is 4.79 Å². The maximum atomic E-state index is 12.5. The molecule has 0 aliphatic carbocycles. The van der Waals surface area contributed by atoms with E-state index >= 15 is 0 Å². The first-order valence-electron chi connectivity index (χ1n) is 7.26. The summed E-state index contributed by atoms with van der Waals surface area (Å²) in [4.78, 5) is 35.9. The zero-order valence-electron chi connectivity index (χ0n) is 12.6. The summed E-state index contributed by atoms with van der Waals surface area (Å²) in [6.07, 6.45) is 0.539. The first-order valence-corrected chi connectivity index (χ1v) is 7.26. The fourth-order valence-electron chi connectivity index (χ4n) is 2.82. The summed E-state index contributed by atoms with van der Waals surface area (Å²) in [5.41, 5.74) is 7.15. The number of rotatable bonds is 1. The SMILES string of the molecule is Cn1c(=O)n(C2CCC(=O)NC2=O)c2ccc(C#CCN)cc21. The number of nitrogens with two attached hydrogens (primary N) is 1. The molecule has 0 bridgehead atoms. The lowest BCUT2D eigenvalue weighted by Gasteiger charge is -2.21. The van der Waals surface area contributed by atoms with Crippen molar-refractivity contribution in [3.05, 3.63) is 34.2 Å². The van der Waals surface area contributed by atoms with E-state index < -0.39 is 11.9 Å². The molecule has 0 saturated carbocycles. The van der Waals surface area contributed by atoms with E-state index in [0.717, 1.165) is 5.56 Å².